The number of nitrogens with zero attached hydrogens (tertiary/aromatic N) is 4. The lowest BCUT2D eigenvalue weighted by atomic mass is 10.0. The predicted octanol–water partition coefficient (Wildman–Crippen LogP) is 4.76. The van der Waals surface area contributed by atoms with Crippen LogP contribution in [0.25, 0.3) is 17.0 Å². The molecule has 0 aliphatic carbocycles. The quantitative estimate of drug-likeness (QED) is 0.442. The Labute approximate surface area is 181 Å². The molecule has 0 unspecified atom stereocenters. The van der Waals surface area contributed by atoms with Crippen LogP contribution in [0.1, 0.15) is 27.0 Å². The molecular weight excluding hydrogens is 452 g/mol. The Kier molecular flexibility index (Phi) is 5.52. The molecule has 1 N–H and O–H groups in total. The van der Waals surface area contributed by atoms with Crippen molar-refractivity contribution >= 4 is 11.6 Å². The third-order valence-electron chi connectivity index (χ3n) is 4.69. The first-order valence-corrected chi connectivity index (χ1v) is 9.34. The number of fused-ring (bicyclic) bond motifs is 1. The molecule has 170 valence electrons. The third kappa shape index (κ3) is 4.78. The first kappa shape index (κ1) is 22.2. The number of pyridine rings is 2. The molecule has 3 aromatic heterocycles. The predicted molar refractivity (Wildman–Crippen MR) is 104 cm³/mol. The van der Waals surface area contributed by atoms with E-state index in [2.05, 4.69) is 20.5 Å². The first-order chi connectivity index (χ1) is 15.5. The van der Waals surface area contributed by atoms with Crippen molar-refractivity contribution in [2.75, 3.05) is 0 Å². The molecule has 4 rings (SSSR count). The highest BCUT2D eigenvalue weighted by Crippen LogP contribution is 2.38. The number of carbonyl (C=O) groups is 1. The van der Waals surface area contributed by atoms with Crippen molar-refractivity contribution in [2.45, 2.75) is 18.9 Å². The Morgan fingerprint density at radius 3 is 2.24 bits per heavy atom. The van der Waals surface area contributed by atoms with E-state index in [-0.39, 0.29) is 29.6 Å². The number of nitrogens with one attached hydrogen (secondary N) is 1. The van der Waals surface area contributed by atoms with Crippen LogP contribution in [-0.4, -0.2) is 25.5 Å². The van der Waals surface area contributed by atoms with Gasteiger partial charge < -0.3 is 5.32 Å². The summed E-state index contributed by atoms with van der Waals surface area (Å²) in [5.41, 5.74) is -2.42. The van der Waals surface area contributed by atoms with E-state index in [0.717, 1.165) is 9.96 Å². The second kappa shape index (κ2) is 8.19. The number of alkyl halides is 6. The molecule has 0 radical (unpaired) electrons. The Hall–Kier alpha value is -3.96. The fourth-order valence-electron chi connectivity index (χ4n) is 3.09. The number of amides is 1. The lowest BCUT2D eigenvalue weighted by molar-refractivity contribution is -0.143. The van der Waals surface area contributed by atoms with E-state index in [1.54, 1.807) is 24.5 Å². The molecule has 0 spiro atoms. The van der Waals surface area contributed by atoms with Crippen LogP contribution in [-0.2, 0) is 18.9 Å². The number of halogens is 6. The summed E-state index contributed by atoms with van der Waals surface area (Å²) in [6.07, 6.45) is -5.63. The molecule has 3 heterocycles. The molecule has 12 heteroatoms. The largest absolute Gasteiger partial charge is 0.416 e. The van der Waals surface area contributed by atoms with Gasteiger partial charge in [0, 0.05) is 30.7 Å². The van der Waals surface area contributed by atoms with Crippen LogP contribution in [0.2, 0.25) is 0 Å². The number of benzene rings is 1. The van der Waals surface area contributed by atoms with Crippen molar-refractivity contribution in [3.63, 3.8) is 0 Å². The molecule has 0 atom stereocenters. The summed E-state index contributed by atoms with van der Waals surface area (Å²) in [6.45, 7) is 0.169. The molecule has 6 nitrogen and oxygen atoms in total. The van der Waals surface area contributed by atoms with Crippen LogP contribution in [0.5, 0.6) is 0 Å². The minimum atomic E-state index is -5.01. The van der Waals surface area contributed by atoms with Gasteiger partial charge in [-0.2, -0.15) is 26.3 Å². The maximum atomic E-state index is 13.2. The number of hydrogen-bond donors (Lipinski definition) is 1. The average Bonchev–Trinajstić information content (AvgIpc) is 3.20. The summed E-state index contributed by atoms with van der Waals surface area (Å²) in [4.78, 5) is 16.5. The van der Waals surface area contributed by atoms with Gasteiger partial charge in [0.25, 0.3) is 5.91 Å². The highest BCUT2D eigenvalue weighted by atomic mass is 19.4. The van der Waals surface area contributed by atoms with E-state index in [1.165, 1.54) is 18.3 Å². The molecule has 1 amide bonds. The Morgan fingerprint density at radius 1 is 0.939 bits per heavy atom. The molecule has 4 aromatic rings. The molecule has 0 saturated carbocycles. The smallest absolute Gasteiger partial charge is 0.348 e. The fourth-order valence-corrected chi connectivity index (χ4v) is 3.09. The normalized spacial score (nSPS) is 12.2. The maximum Gasteiger partial charge on any atom is 0.416 e. The Bertz CT molecular complexity index is 1280. The summed E-state index contributed by atoms with van der Waals surface area (Å²) in [5, 5.41) is 10.2. The van der Waals surface area contributed by atoms with Crippen LogP contribution in [0.3, 0.4) is 0 Å². The van der Waals surface area contributed by atoms with Crippen molar-refractivity contribution in [2.24, 2.45) is 0 Å². The summed E-state index contributed by atoms with van der Waals surface area (Å²) in [5.74, 6) is -0.788. The molecular formula is C21H13F6N5O. The van der Waals surface area contributed by atoms with E-state index in [9.17, 15) is 31.1 Å². The second-order valence-corrected chi connectivity index (χ2v) is 7.01. The van der Waals surface area contributed by atoms with Gasteiger partial charge in [-0.25, -0.2) is 0 Å². The standard InChI is InChI=1S/C21H13F6N5O/c22-20(23,24)15-6-14(7-16(8-15)21(25,26)27)18-31-30-17-4-3-13(11-32(17)18)19(33)29-10-12-2-1-5-28-9-12/h1-9,11H,10H2,(H,29,33). The van der Waals surface area contributed by atoms with Crippen molar-refractivity contribution in [3.05, 3.63) is 83.3 Å². The zero-order valence-electron chi connectivity index (χ0n) is 16.4. The molecule has 1 aromatic carbocycles. The lowest BCUT2D eigenvalue weighted by Gasteiger charge is -2.13. The van der Waals surface area contributed by atoms with E-state index < -0.39 is 35.0 Å². The maximum absolute atomic E-state index is 13.2. The number of carbonyl (C=O) groups excluding carboxylic acids is 1. The minimum Gasteiger partial charge on any atom is -0.348 e. The van der Waals surface area contributed by atoms with Crippen LogP contribution < -0.4 is 5.32 Å². The molecule has 0 saturated heterocycles. The zero-order chi connectivity index (χ0) is 23.8. The van der Waals surface area contributed by atoms with Gasteiger partial charge in [-0.3, -0.25) is 14.2 Å². The van der Waals surface area contributed by atoms with Crippen LogP contribution >= 0.6 is 0 Å². The summed E-state index contributed by atoms with van der Waals surface area (Å²) < 4.78 is 80.5. The minimum absolute atomic E-state index is 0.0318. The van der Waals surface area contributed by atoms with Crippen molar-refractivity contribution < 1.29 is 31.1 Å². The Morgan fingerprint density at radius 2 is 1.64 bits per heavy atom. The van der Waals surface area contributed by atoms with Gasteiger partial charge in [-0.15, -0.1) is 10.2 Å². The van der Waals surface area contributed by atoms with E-state index in [0.29, 0.717) is 12.1 Å². The van der Waals surface area contributed by atoms with Gasteiger partial charge in [0.05, 0.1) is 16.7 Å². The van der Waals surface area contributed by atoms with Gasteiger partial charge in [0.2, 0.25) is 0 Å². The topological polar surface area (TPSA) is 72.2 Å². The van der Waals surface area contributed by atoms with Crippen molar-refractivity contribution in [3.8, 4) is 11.4 Å². The molecule has 0 aliphatic heterocycles. The SMILES string of the molecule is O=C(NCc1cccnc1)c1ccc2nnc(-c3cc(C(F)(F)F)cc(C(F)(F)F)c3)n2c1. The summed E-state index contributed by atoms with van der Waals surface area (Å²) in [6, 6.07) is 7.39. The molecule has 33 heavy (non-hydrogen) atoms. The highest BCUT2D eigenvalue weighted by molar-refractivity contribution is 5.94. The number of hydrogen-bond acceptors (Lipinski definition) is 4. The van der Waals surface area contributed by atoms with Crippen LogP contribution in [0.15, 0.2) is 61.1 Å². The van der Waals surface area contributed by atoms with Gasteiger partial charge in [-0.1, -0.05) is 6.07 Å². The molecule has 0 bridgehead atoms. The monoisotopic (exact) mass is 465 g/mol. The lowest BCUT2D eigenvalue weighted by Crippen LogP contribution is -2.23. The van der Waals surface area contributed by atoms with Gasteiger partial charge in [0.15, 0.2) is 11.5 Å². The van der Waals surface area contributed by atoms with Crippen LogP contribution in [0, 0.1) is 0 Å². The zero-order valence-corrected chi connectivity index (χ0v) is 16.4. The van der Waals surface area contributed by atoms with E-state index >= 15 is 0 Å². The Balaban J connectivity index is 1.72. The second-order valence-electron chi connectivity index (χ2n) is 7.01. The summed E-state index contributed by atoms with van der Waals surface area (Å²) in [7, 11) is 0. The highest BCUT2D eigenvalue weighted by Gasteiger charge is 2.37. The first-order valence-electron chi connectivity index (χ1n) is 9.34. The molecule has 0 fully saturated rings. The summed E-state index contributed by atoms with van der Waals surface area (Å²) >= 11 is 0. The van der Waals surface area contributed by atoms with Crippen molar-refractivity contribution in [1.29, 1.82) is 0 Å². The van der Waals surface area contributed by atoms with Crippen LogP contribution in [0.4, 0.5) is 26.3 Å². The van der Waals surface area contributed by atoms with Gasteiger partial charge >= 0.3 is 12.4 Å². The van der Waals surface area contributed by atoms with Gasteiger partial charge in [0.1, 0.15) is 0 Å². The van der Waals surface area contributed by atoms with Gasteiger partial charge in [-0.05, 0) is 42.0 Å². The van der Waals surface area contributed by atoms with E-state index in [4.69, 9.17) is 0 Å². The number of aromatic nitrogens is 4. The van der Waals surface area contributed by atoms with E-state index in [1.807, 2.05) is 0 Å². The number of rotatable bonds is 4. The average molecular weight is 465 g/mol. The fraction of sp³-hybridized carbons (Fsp3) is 0.143. The third-order valence-corrected chi connectivity index (χ3v) is 4.69. The molecule has 0 aliphatic rings. The van der Waals surface area contributed by atoms with Crippen molar-refractivity contribution in [1.82, 2.24) is 24.9 Å².